The standard InChI is InChI=1S/C26H25N5O2.ClH/c32-26-14-23(33-18-19-5-2-1-3-6-19)10-12-30(26)21-8-9-24-20(13-21)15-28-31(24)17-25-27-16-22-7-4-11-29(22)25;/h1-3,5-6,8-10,12-15,22H,4,7,11,16-18H2;1H. The molecule has 2 aliphatic heterocycles. The molecule has 0 aliphatic carbocycles. The number of fused-ring (bicyclic) bond motifs is 2. The van der Waals surface area contributed by atoms with E-state index in [-0.39, 0.29) is 18.0 Å². The summed E-state index contributed by atoms with van der Waals surface area (Å²) >= 11 is 0. The fourth-order valence-electron chi connectivity index (χ4n) is 4.80. The summed E-state index contributed by atoms with van der Waals surface area (Å²) in [5.74, 6) is 1.69. The normalized spacial score (nSPS) is 16.9. The van der Waals surface area contributed by atoms with E-state index in [9.17, 15) is 4.79 Å². The van der Waals surface area contributed by atoms with Gasteiger partial charge in [0.05, 0.1) is 24.8 Å². The molecule has 34 heavy (non-hydrogen) atoms. The van der Waals surface area contributed by atoms with Crippen LogP contribution in [0.15, 0.2) is 82.8 Å². The molecule has 0 bridgehead atoms. The Morgan fingerprint density at radius 2 is 1.94 bits per heavy atom. The molecular weight excluding hydrogens is 450 g/mol. The Kier molecular flexibility index (Phi) is 6.11. The van der Waals surface area contributed by atoms with Crippen LogP contribution in [0, 0.1) is 0 Å². The van der Waals surface area contributed by atoms with Crippen LogP contribution in [-0.2, 0) is 13.2 Å². The number of benzene rings is 2. The molecule has 7 nitrogen and oxygen atoms in total. The van der Waals surface area contributed by atoms with Gasteiger partial charge < -0.3 is 9.64 Å². The Labute approximate surface area is 203 Å². The molecule has 1 unspecified atom stereocenters. The Bertz CT molecular complexity index is 1400. The lowest BCUT2D eigenvalue weighted by molar-refractivity contribution is 0.305. The number of pyridine rings is 1. The zero-order valence-corrected chi connectivity index (χ0v) is 19.5. The average molecular weight is 476 g/mol. The zero-order valence-electron chi connectivity index (χ0n) is 18.7. The number of aromatic nitrogens is 3. The molecule has 0 N–H and O–H groups in total. The van der Waals surface area contributed by atoms with Crippen LogP contribution in [0.4, 0.5) is 0 Å². The molecule has 4 aromatic rings. The third-order valence-corrected chi connectivity index (χ3v) is 6.53. The van der Waals surface area contributed by atoms with Gasteiger partial charge >= 0.3 is 0 Å². The molecule has 174 valence electrons. The predicted molar refractivity (Wildman–Crippen MR) is 135 cm³/mol. The average Bonchev–Trinajstić information content (AvgIpc) is 3.56. The van der Waals surface area contributed by atoms with Crippen LogP contribution < -0.4 is 10.3 Å². The maximum absolute atomic E-state index is 12.8. The lowest BCUT2D eigenvalue weighted by Crippen LogP contribution is -2.33. The van der Waals surface area contributed by atoms with E-state index in [0.717, 1.165) is 41.1 Å². The molecule has 1 saturated heterocycles. The maximum atomic E-state index is 12.8. The minimum Gasteiger partial charge on any atom is -0.489 e. The zero-order chi connectivity index (χ0) is 22.2. The van der Waals surface area contributed by atoms with Crippen LogP contribution in [0.25, 0.3) is 16.6 Å². The Morgan fingerprint density at radius 3 is 2.79 bits per heavy atom. The first-order chi connectivity index (χ1) is 16.2. The number of ether oxygens (including phenoxy) is 1. The number of nitrogens with zero attached hydrogens (tertiary/aromatic N) is 5. The lowest BCUT2D eigenvalue weighted by atomic mass is 10.2. The maximum Gasteiger partial charge on any atom is 0.258 e. The smallest absolute Gasteiger partial charge is 0.258 e. The van der Waals surface area contributed by atoms with Crippen molar-refractivity contribution in [2.45, 2.75) is 32.0 Å². The summed E-state index contributed by atoms with van der Waals surface area (Å²) in [7, 11) is 0. The van der Waals surface area contributed by atoms with E-state index in [0.29, 0.717) is 24.9 Å². The third-order valence-electron chi connectivity index (χ3n) is 6.53. The number of aliphatic imine (C=N–C) groups is 1. The topological polar surface area (TPSA) is 64.7 Å². The van der Waals surface area contributed by atoms with E-state index in [2.05, 4.69) is 10.00 Å². The van der Waals surface area contributed by atoms with Crippen molar-refractivity contribution in [2.75, 3.05) is 13.1 Å². The summed E-state index contributed by atoms with van der Waals surface area (Å²) in [6, 6.07) is 19.8. The van der Waals surface area contributed by atoms with Crippen molar-refractivity contribution in [3.8, 4) is 11.4 Å². The third kappa shape index (κ3) is 4.19. The van der Waals surface area contributed by atoms with Crippen LogP contribution in [0.5, 0.6) is 5.75 Å². The molecule has 2 aromatic carbocycles. The van der Waals surface area contributed by atoms with Gasteiger partial charge in [0.15, 0.2) is 0 Å². The van der Waals surface area contributed by atoms with Crippen molar-refractivity contribution >= 4 is 29.1 Å². The van der Waals surface area contributed by atoms with Gasteiger partial charge in [-0.15, -0.1) is 12.4 Å². The molecule has 8 heteroatoms. The van der Waals surface area contributed by atoms with Gasteiger partial charge in [0.2, 0.25) is 0 Å². The van der Waals surface area contributed by atoms with Gasteiger partial charge in [0, 0.05) is 35.9 Å². The highest BCUT2D eigenvalue weighted by Crippen LogP contribution is 2.25. The van der Waals surface area contributed by atoms with Gasteiger partial charge in [0.1, 0.15) is 18.2 Å². The van der Waals surface area contributed by atoms with Gasteiger partial charge in [0.25, 0.3) is 5.56 Å². The predicted octanol–water partition coefficient (Wildman–Crippen LogP) is 4.06. The van der Waals surface area contributed by atoms with Crippen LogP contribution in [-0.4, -0.2) is 44.2 Å². The molecule has 0 radical (unpaired) electrons. The van der Waals surface area contributed by atoms with Crippen LogP contribution >= 0.6 is 12.4 Å². The van der Waals surface area contributed by atoms with E-state index < -0.39 is 0 Å². The quantitative estimate of drug-likeness (QED) is 0.422. The van der Waals surface area contributed by atoms with Crippen molar-refractivity contribution in [1.82, 2.24) is 19.2 Å². The Balaban J connectivity index is 0.00000241. The molecular formula is C26H26ClN5O2. The minimum atomic E-state index is -0.132. The highest BCUT2D eigenvalue weighted by molar-refractivity contribution is 5.87. The number of hydrogen-bond acceptors (Lipinski definition) is 5. The monoisotopic (exact) mass is 475 g/mol. The van der Waals surface area contributed by atoms with E-state index in [1.165, 1.54) is 18.9 Å². The summed E-state index contributed by atoms with van der Waals surface area (Å²) in [5.41, 5.74) is 2.78. The Hall–Kier alpha value is -3.58. The lowest BCUT2D eigenvalue weighted by Gasteiger charge is -2.20. The summed E-state index contributed by atoms with van der Waals surface area (Å²) in [5, 5.41) is 5.60. The molecule has 0 spiro atoms. The second kappa shape index (κ2) is 9.35. The molecule has 6 rings (SSSR count). The van der Waals surface area contributed by atoms with E-state index >= 15 is 0 Å². The summed E-state index contributed by atoms with van der Waals surface area (Å²) in [6.45, 7) is 3.12. The fourth-order valence-corrected chi connectivity index (χ4v) is 4.80. The Morgan fingerprint density at radius 1 is 1.06 bits per heavy atom. The van der Waals surface area contributed by atoms with E-state index in [4.69, 9.17) is 9.73 Å². The molecule has 1 atom stereocenters. The van der Waals surface area contributed by atoms with Crippen molar-refractivity contribution in [1.29, 1.82) is 0 Å². The van der Waals surface area contributed by atoms with Crippen molar-refractivity contribution < 1.29 is 4.74 Å². The van der Waals surface area contributed by atoms with Crippen LogP contribution in [0.3, 0.4) is 0 Å². The molecule has 2 aromatic heterocycles. The van der Waals surface area contributed by atoms with Crippen molar-refractivity contribution in [3.63, 3.8) is 0 Å². The first-order valence-electron chi connectivity index (χ1n) is 11.4. The van der Waals surface area contributed by atoms with Crippen LogP contribution in [0.1, 0.15) is 18.4 Å². The van der Waals surface area contributed by atoms with E-state index in [1.807, 2.05) is 65.5 Å². The van der Waals surface area contributed by atoms with Crippen molar-refractivity contribution in [3.05, 3.63) is 89.0 Å². The number of halogens is 1. The van der Waals surface area contributed by atoms with Crippen molar-refractivity contribution in [2.24, 2.45) is 4.99 Å². The van der Waals surface area contributed by atoms with Crippen LogP contribution in [0.2, 0.25) is 0 Å². The van der Waals surface area contributed by atoms with Gasteiger partial charge in [-0.3, -0.25) is 19.0 Å². The number of rotatable bonds is 6. The SMILES string of the molecule is Cl.O=c1cc(OCc2ccccc2)ccn1-c1ccc2c(cnn2CC2=NCC3CCCN23)c1. The molecule has 2 aliphatic rings. The molecule has 0 amide bonds. The summed E-state index contributed by atoms with van der Waals surface area (Å²) in [6.07, 6.45) is 6.10. The second-order valence-electron chi connectivity index (χ2n) is 8.64. The number of hydrogen-bond donors (Lipinski definition) is 0. The van der Waals surface area contributed by atoms with Gasteiger partial charge in [-0.2, -0.15) is 5.10 Å². The summed E-state index contributed by atoms with van der Waals surface area (Å²) in [4.78, 5) is 19.9. The highest BCUT2D eigenvalue weighted by Gasteiger charge is 2.31. The first-order valence-corrected chi connectivity index (χ1v) is 11.4. The minimum absolute atomic E-state index is 0. The first kappa shape index (κ1) is 22.2. The molecule has 4 heterocycles. The molecule has 1 fully saturated rings. The fraction of sp³-hybridized carbons (Fsp3) is 0.269. The van der Waals surface area contributed by atoms with Gasteiger partial charge in [-0.1, -0.05) is 30.3 Å². The number of amidine groups is 1. The van der Waals surface area contributed by atoms with Gasteiger partial charge in [-0.25, -0.2) is 0 Å². The second-order valence-corrected chi connectivity index (χ2v) is 8.64. The highest BCUT2D eigenvalue weighted by atomic mass is 35.5. The van der Waals surface area contributed by atoms with E-state index in [1.54, 1.807) is 10.8 Å². The van der Waals surface area contributed by atoms with Gasteiger partial charge in [-0.05, 0) is 42.7 Å². The molecule has 0 saturated carbocycles. The summed E-state index contributed by atoms with van der Waals surface area (Å²) < 4.78 is 9.42. The largest absolute Gasteiger partial charge is 0.489 e.